The van der Waals surface area contributed by atoms with E-state index in [4.69, 9.17) is 0 Å². The minimum Gasteiger partial charge on any atom is -0.201 e. The Labute approximate surface area is 187 Å². The van der Waals surface area contributed by atoms with E-state index in [-0.39, 0.29) is 17.1 Å². The fourth-order valence-corrected chi connectivity index (χ4v) is 5.06. The SMILES string of the molecule is Cc1cc(SC(C)(C)C)c(C)[c-]1C.Cc1cc(SC(C)(C)C)c(C)[c-]1C.[Fe]. The van der Waals surface area contributed by atoms with Crippen LogP contribution in [0.2, 0.25) is 0 Å². The maximum Gasteiger partial charge on any atom is 0 e. The molecule has 2 rings (SSSR count). The van der Waals surface area contributed by atoms with Gasteiger partial charge in [-0.2, -0.15) is 45.5 Å². The summed E-state index contributed by atoms with van der Waals surface area (Å²) in [4.78, 5) is 2.89. The van der Waals surface area contributed by atoms with Gasteiger partial charge in [0.05, 0.1) is 0 Å². The van der Waals surface area contributed by atoms with Gasteiger partial charge < -0.3 is 0 Å². The van der Waals surface area contributed by atoms with Crippen molar-refractivity contribution < 1.29 is 17.1 Å². The average Bonchev–Trinajstić information content (AvgIpc) is 2.82. The molecule has 156 valence electrons. The molecular weight excluding hydrogens is 408 g/mol. The van der Waals surface area contributed by atoms with Crippen LogP contribution in [0.25, 0.3) is 0 Å². The molecule has 0 nitrogen and oxygen atoms in total. The van der Waals surface area contributed by atoms with Crippen LogP contribution in [0.3, 0.4) is 0 Å². The van der Waals surface area contributed by atoms with Crippen LogP contribution in [0.1, 0.15) is 74.9 Å². The smallest absolute Gasteiger partial charge is 0 e. The first-order valence-corrected chi connectivity index (χ1v) is 11.1. The normalized spacial score (nSPS) is 11.7. The second-order valence-corrected chi connectivity index (χ2v) is 13.0. The van der Waals surface area contributed by atoms with Crippen LogP contribution in [-0.4, -0.2) is 9.49 Å². The largest absolute Gasteiger partial charge is 0.201 e. The molecule has 0 N–H and O–H groups in total. The molecule has 2 aromatic rings. The number of rotatable bonds is 2. The molecule has 0 fully saturated rings. The maximum atomic E-state index is 2.31. The van der Waals surface area contributed by atoms with Gasteiger partial charge in [0.1, 0.15) is 0 Å². The second kappa shape index (κ2) is 10.1. The Balaban J connectivity index is 0.000000483. The van der Waals surface area contributed by atoms with E-state index in [1.807, 2.05) is 23.5 Å². The first-order chi connectivity index (χ1) is 11.6. The van der Waals surface area contributed by atoms with E-state index >= 15 is 0 Å². The van der Waals surface area contributed by atoms with E-state index in [1.54, 1.807) is 0 Å². The summed E-state index contributed by atoms with van der Waals surface area (Å²) in [5.74, 6) is 0. The number of thioether (sulfide) groups is 2. The summed E-state index contributed by atoms with van der Waals surface area (Å²) in [6.45, 7) is 26.8. The molecule has 0 aliphatic heterocycles. The molecule has 0 amide bonds. The van der Waals surface area contributed by atoms with Gasteiger partial charge in [-0.3, -0.25) is 0 Å². The quantitative estimate of drug-likeness (QED) is 0.258. The zero-order valence-electron chi connectivity index (χ0n) is 19.3. The molecule has 0 bridgehead atoms. The Morgan fingerprint density at radius 3 is 1.04 bits per heavy atom. The van der Waals surface area contributed by atoms with Gasteiger partial charge in [0.15, 0.2) is 0 Å². The molecule has 3 heteroatoms. The monoisotopic (exact) mass is 446 g/mol. The van der Waals surface area contributed by atoms with Crippen LogP contribution in [0.5, 0.6) is 0 Å². The van der Waals surface area contributed by atoms with Gasteiger partial charge in [0.25, 0.3) is 0 Å². The fraction of sp³-hybridized carbons (Fsp3) is 0.583. The van der Waals surface area contributed by atoms with Gasteiger partial charge in [-0.05, 0) is 9.49 Å². The summed E-state index contributed by atoms with van der Waals surface area (Å²) in [5, 5.41) is 0. The molecule has 0 aliphatic rings. The molecule has 0 aromatic heterocycles. The van der Waals surface area contributed by atoms with Crippen molar-refractivity contribution in [3.05, 3.63) is 45.5 Å². The Hall–Kier alpha value is -0.0805. The van der Waals surface area contributed by atoms with Crippen molar-refractivity contribution in [2.45, 2.75) is 102 Å². The molecule has 27 heavy (non-hydrogen) atoms. The maximum absolute atomic E-state index is 2.31. The molecule has 0 heterocycles. The minimum absolute atomic E-state index is 0. The third-order valence-corrected chi connectivity index (χ3v) is 7.09. The van der Waals surface area contributed by atoms with E-state index < -0.39 is 0 Å². The Kier molecular flexibility index (Phi) is 10.1. The van der Waals surface area contributed by atoms with Gasteiger partial charge in [-0.15, -0.1) is 9.79 Å². The van der Waals surface area contributed by atoms with E-state index in [1.165, 1.54) is 43.2 Å². The van der Waals surface area contributed by atoms with Crippen molar-refractivity contribution >= 4 is 23.5 Å². The molecule has 0 saturated heterocycles. The van der Waals surface area contributed by atoms with Crippen LogP contribution >= 0.6 is 23.5 Å². The third kappa shape index (κ3) is 8.44. The van der Waals surface area contributed by atoms with Crippen molar-refractivity contribution in [3.8, 4) is 0 Å². The number of hydrogen-bond donors (Lipinski definition) is 0. The zero-order chi connectivity index (χ0) is 20.4. The topological polar surface area (TPSA) is 0 Å². The molecule has 0 spiro atoms. The van der Waals surface area contributed by atoms with Gasteiger partial charge in [0, 0.05) is 17.1 Å². The summed E-state index contributed by atoms with van der Waals surface area (Å²) < 4.78 is 0.635. The van der Waals surface area contributed by atoms with E-state index in [0.717, 1.165) is 0 Å². The Morgan fingerprint density at radius 1 is 0.630 bits per heavy atom. The van der Waals surface area contributed by atoms with Crippen LogP contribution < -0.4 is 0 Å². The first-order valence-electron chi connectivity index (χ1n) is 9.47. The van der Waals surface area contributed by atoms with Gasteiger partial charge >= 0.3 is 0 Å². The van der Waals surface area contributed by atoms with E-state index in [2.05, 4.69) is 95.2 Å². The van der Waals surface area contributed by atoms with E-state index in [9.17, 15) is 0 Å². The minimum atomic E-state index is 0. The fourth-order valence-electron chi connectivity index (χ4n) is 2.66. The molecule has 0 radical (unpaired) electrons. The summed E-state index contributed by atoms with van der Waals surface area (Å²) in [5.41, 5.74) is 8.65. The molecule has 0 aliphatic carbocycles. The molecule has 2 aromatic carbocycles. The zero-order valence-corrected chi connectivity index (χ0v) is 22.1. The molecular formula is C24H38FeS2-2. The van der Waals surface area contributed by atoms with Crippen LogP contribution in [0.15, 0.2) is 21.9 Å². The van der Waals surface area contributed by atoms with Crippen molar-refractivity contribution in [2.75, 3.05) is 0 Å². The summed E-state index contributed by atoms with van der Waals surface area (Å²) in [6.07, 6.45) is 0. The third-order valence-electron chi connectivity index (χ3n) is 4.57. The predicted octanol–water partition coefficient (Wildman–Crippen LogP) is 8.44. The standard InChI is InChI=1S/2C12H19S.Fe/c2*1-8-7-11(10(3)9(8)2)13-12(4,5)6;/h2*7H,1-6H3;/q2*-1;. The van der Waals surface area contributed by atoms with Crippen molar-refractivity contribution in [1.82, 2.24) is 0 Å². The number of hydrogen-bond acceptors (Lipinski definition) is 2. The molecule has 0 saturated carbocycles. The second-order valence-electron chi connectivity index (χ2n) is 9.31. The molecule has 0 unspecified atom stereocenters. The average molecular weight is 447 g/mol. The first kappa shape index (κ1) is 26.9. The van der Waals surface area contributed by atoms with Gasteiger partial charge in [-0.25, -0.2) is 23.5 Å². The van der Waals surface area contributed by atoms with Crippen LogP contribution in [-0.2, 0) is 17.1 Å². The summed E-state index contributed by atoms with van der Waals surface area (Å²) >= 11 is 3.92. The van der Waals surface area contributed by atoms with Crippen molar-refractivity contribution in [1.29, 1.82) is 0 Å². The summed E-state index contributed by atoms with van der Waals surface area (Å²) in [6, 6.07) is 4.61. The van der Waals surface area contributed by atoms with Crippen LogP contribution in [0.4, 0.5) is 0 Å². The molecule has 0 atom stereocenters. The Morgan fingerprint density at radius 2 is 0.889 bits per heavy atom. The summed E-state index contributed by atoms with van der Waals surface area (Å²) in [7, 11) is 0. The van der Waals surface area contributed by atoms with Crippen LogP contribution in [0, 0.1) is 41.5 Å². The van der Waals surface area contributed by atoms with Crippen molar-refractivity contribution in [2.24, 2.45) is 0 Å². The van der Waals surface area contributed by atoms with Crippen molar-refractivity contribution in [3.63, 3.8) is 0 Å². The van der Waals surface area contributed by atoms with Gasteiger partial charge in [0.2, 0.25) is 0 Å². The van der Waals surface area contributed by atoms with Gasteiger partial charge in [-0.1, -0.05) is 83.1 Å². The predicted molar refractivity (Wildman–Crippen MR) is 124 cm³/mol. The number of aryl methyl sites for hydroxylation is 2. The van der Waals surface area contributed by atoms with E-state index in [0.29, 0.717) is 9.49 Å². The Bertz CT molecular complexity index is 670.